The van der Waals surface area contributed by atoms with Crippen LogP contribution in [0.1, 0.15) is 18.7 Å². The molecule has 1 atom stereocenters. The molecule has 3 heteroatoms. The highest BCUT2D eigenvalue weighted by molar-refractivity contribution is 5.83. The van der Waals surface area contributed by atoms with E-state index in [0.717, 1.165) is 11.4 Å². The molecule has 1 aromatic heterocycles. The molecule has 15 heavy (non-hydrogen) atoms. The maximum Gasteiger partial charge on any atom is 0.119 e. The summed E-state index contributed by atoms with van der Waals surface area (Å²) in [6.07, 6.45) is 0. The first-order chi connectivity index (χ1) is 7.13. The van der Waals surface area contributed by atoms with Gasteiger partial charge in [-0.15, -0.1) is 0 Å². The molecule has 0 spiro atoms. The molecule has 2 rings (SSSR count). The first kappa shape index (κ1) is 10.1. The highest BCUT2D eigenvalue weighted by Gasteiger charge is 2.09. The largest absolute Gasteiger partial charge is 0.497 e. The number of hydrogen-bond donors (Lipinski definition) is 1. The zero-order valence-electron chi connectivity index (χ0n) is 9.32. The minimum absolute atomic E-state index is 0.0494. The average Bonchev–Trinajstić information content (AvgIpc) is 2.55. The van der Waals surface area contributed by atoms with Crippen molar-refractivity contribution in [2.75, 3.05) is 7.11 Å². The molecular formula is C12H16N2O. The van der Waals surface area contributed by atoms with Gasteiger partial charge < -0.3 is 15.0 Å². The van der Waals surface area contributed by atoms with Crippen LogP contribution in [-0.4, -0.2) is 11.7 Å². The maximum absolute atomic E-state index is 5.90. The molecule has 1 aromatic carbocycles. The van der Waals surface area contributed by atoms with Gasteiger partial charge in [-0.1, -0.05) is 0 Å². The second kappa shape index (κ2) is 3.59. The van der Waals surface area contributed by atoms with Gasteiger partial charge in [0.05, 0.1) is 7.11 Å². The Bertz CT molecular complexity index is 486. The second-order valence-corrected chi connectivity index (χ2v) is 3.84. The number of fused-ring (bicyclic) bond motifs is 1. The van der Waals surface area contributed by atoms with E-state index in [1.54, 1.807) is 7.11 Å². The van der Waals surface area contributed by atoms with E-state index in [9.17, 15) is 0 Å². The Balaban J connectivity index is 2.65. The van der Waals surface area contributed by atoms with Gasteiger partial charge in [-0.05, 0) is 31.2 Å². The fourth-order valence-electron chi connectivity index (χ4n) is 1.91. The van der Waals surface area contributed by atoms with Crippen LogP contribution in [0.4, 0.5) is 0 Å². The van der Waals surface area contributed by atoms with Crippen LogP contribution >= 0.6 is 0 Å². The summed E-state index contributed by atoms with van der Waals surface area (Å²) >= 11 is 0. The highest BCUT2D eigenvalue weighted by atomic mass is 16.5. The maximum atomic E-state index is 5.90. The van der Waals surface area contributed by atoms with Crippen LogP contribution in [0.2, 0.25) is 0 Å². The Hall–Kier alpha value is -1.48. The van der Waals surface area contributed by atoms with Crippen LogP contribution in [0.15, 0.2) is 24.3 Å². The van der Waals surface area contributed by atoms with E-state index in [4.69, 9.17) is 10.5 Å². The van der Waals surface area contributed by atoms with Crippen LogP contribution in [0, 0.1) is 0 Å². The van der Waals surface area contributed by atoms with Crippen molar-refractivity contribution in [2.24, 2.45) is 12.8 Å². The van der Waals surface area contributed by atoms with E-state index < -0.39 is 0 Å². The lowest BCUT2D eigenvalue weighted by Crippen LogP contribution is -2.09. The van der Waals surface area contributed by atoms with E-state index in [-0.39, 0.29) is 6.04 Å². The summed E-state index contributed by atoms with van der Waals surface area (Å²) in [6.45, 7) is 1.99. The molecule has 0 aliphatic carbocycles. The first-order valence-electron chi connectivity index (χ1n) is 5.02. The lowest BCUT2D eigenvalue weighted by atomic mass is 10.2. The Labute approximate surface area is 89.4 Å². The summed E-state index contributed by atoms with van der Waals surface area (Å²) in [7, 11) is 3.71. The zero-order chi connectivity index (χ0) is 11.0. The highest BCUT2D eigenvalue weighted by Crippen LogP contribution is 2.25. The Morgan fingerprint density at radius 2 is 2.07 bits per heavy atom. The fraction of sp³-hybridized carbons (Fsp3) is 0.333. The minimum Gasteiger partial charge on any atom is -0.497 e. The van der Waals surface area contributed by atoms with Gasteiger partial charge in [-0.3, -0.25) is 0 Å². The summed E-state index contributed by atoms with van der Waals surface area (Å²) < 4.78 is 7.32. The Morgan fingerprint density at radius 1 is 1.33 bits per heavy atom. The molecule has 0 aliphatic heterocycles. The molecule has 2 N–H and O–H groups in total. The molecule has 1 heterocycles. The van der Waals surface area contributed by atoms with Crippen molar-refractivity contribution < 1.29 is 4.74 Å². The molecule has 3 nitrogen and oxygen atoms in total. The third-order valence-corrected chi connectivity index (χ3v) is 2.75. The molecule has 2 aromatic rings. The summed E-state index contributed by atoms with van der Waals surface area (Å²) in [5, 5.41) is 1.17. The molecule has 80 valence electrons. The topological polar surface area (TPSA) is 40.2 Å². The number of nitrogens with zero attached hydrogens (tertiary/aromatic N) is 1. The third kappa shape index (κ3) is 1.59. The van der Waals surface area contributed by atoms with Crippen molar-refractivity contribution in [1.82, 2.24) is 4.57 Å². The Kier molecular flexibility index (Phi) is 2.40. The lowest BCUT2D eigenvalue weighted by Gasteiger charge is -2.06. The third-order valence-electron chi connectivity index (χ3n) is 2.75. The van der Waals surface area contributed by atoms with Crippen LogP contribution in [0.5, 0.6) is 5.75 Å². The molecule has 0 bridgehead atoms. The van der Waals surface area contributed by atoms with E-state index in [1.807, 2.05) is 26.1 Å². The van der Waals surface area contributed by atoms with Gasteiger partial charge in [0, 0.05) is 29.7 Å². The van der Waals surface area contributed by atoms with Crippen molar-refractivity contribution in [3.63, 3.8) is 0 Å². The first-order valence-corrected chi connectivity index (χ1v) is 5.02. The number of hydrogen-bond acceptors (Lipinski definition) is 2. The van der Waals surface area contributed by atoms with Gasteiger partial charge in [0.25, 0.3) is 0 Å². The molecule has 0 amide bonds. The van der Waals surface area contributed by atoms with Gasteiger partial charge in [-0.2, -0.15) is 0 Å². The average molecular weight is 204 g/mol. The molecule has 1 unspecified atom stereocenters. The molecular weight excluding hydrogens is 188 g/mol. The van der Waals surface area contributed by atoms with Gasteiger partial charge >= 0.3 is 0 Å². The van der Waals surface area contributed by atoms with Crippen molar-refractivity contribution in [3.05, 3.63) is 30.0 Å². The zero-order valence-corrected chi connectivity index (χ0v) is 9.32. The SMILES string of the molecule is COc1ccc2c(c1)cc(C(C)N)n2C. The van der Waals surface area contributed by atoms with Crippen molar-refractivity contribution >= 4 is 10.9 Å². The van der Waals surface area contributed by atoms with Crippen LogP contribution in [0.25, 0.3) is 10.9 Å². The number of ether oxygens (including phenoxy) is 1. The van der Waals surface area contributed by atoms with E-state index >= 15 is 0 Å². The fourth-order valence-corrected chi connectivity index (χ4v) is 1.91. The summed E-state index contributed by atoms with van der Waals surface area (Å²) in [5.41, 5.74) is 8.22. The molecule has 0 aliphatic rings. The summed E-state index contributed by atoms with van der Waals surface area (Å²) in [6, 6.07) is 8.21. The van der Waals surface area contributed by atoms with Crippen LogP contribution < -0.4 is 10.5 Å². The number of nitrogens with two attached hydrogens (primary N) is 1. The Morgan fingerprint density at radius 3 is 2.67 bits per heavy atom. The minimum atomic E-state index is 0.0494. The number of aryl methyl sites for hydroxylation is 1. The van der Waals surface area contributed by atoms with E-state index in [2.05, 4.69) is 16.7 Å². The standard InChI is InChI=1S/C12H16N2O/c1-8(13)12-7-9-6-10(15-3)4-5-11(9)14(12)2/h4-8H,13H2,1-3H3. The molecule has 0 radical (unpaired) electrons. The van der Waals surface area contributed by atoms with Crippen LogP contribution in [0.3, 0.4) is 0 Å². The number of benzene rings is 1. The molecule has 0 saturated heterocycles. The van der Waals surface area contributed by atoms with Crippen LogP contribution in [-0.2, 0) is 7.05 Å². The second-order valence-electron chi connectivity index (χ2n) is 3.84. The quantitative estimate of drug-likeness (QED) is 0.814. The van der Waals surface area contributed by atoms with E-state index in [0.29, 0.717) is 0 Å². The van der Waals surface area contributed by atoms with Crippen molar-refractivity contribution in [1.29, 1.82) is 0 Å². The van der Waals surface area contributed by atoms with Gasteiger partial charge in [0.2, 0.25) is 0 Å². The number of rotatable bonds is 2. The van der Waals surface area contributed by atoms with E-state index in [1.165, 1.54) is 10.9 Å². The van der Waals surface area contributed by atoms with Gasteiger partial charge in [0.1, 0.15) is 5.75 Å². The predicted octanol–water partition coefficient (Wildman–Crippen LogP) is 2.21. The number of aromatic nitrogens is 1. The summed E-state index contributed by atoms with van der Waals surface area (Å²) in [5.74, 6) is 0.879. The summed E-state index contributed by atoms with van der Waals surface area (Å²) in [4.78, 5) is 0. The van der Waals surface area contributed by atoms with Crippen molar-refractivity contribution in [3.8, 4) is 5.75 Å². The van der Waals surface area contributed by atoms with Crippen molar-refractivity contribution in [2.45, 2.75) is 13.0 Å². The van der Waals surface area contributed by atoms with Gasteiger partial charge in [-0.25, -0.2) is 0 Å². The predicted molar refractivity (Wildman–Crippen MR) is 62.1 cm³/mol. The van der Waals surface area contributed by atoms with Gasteiger partial charge in [0.15, 0.2) is 0 Å². The number of methoxy groups -OCH3 is 1. The lowest BCUT2D eigenvalue weighted by molar-refractivity contribution is 0.415. The molecule has 0 fully saturated rings. The monoisotopic (exact) mass is 204 g/mol. The molecule has 0 saturated carbocycles. The normalized spacial score (nSPS) is 13.1. The smallest absolute Gasteiger partial charge is 0.119 e.